The van der Waals surface area contributed by atoms with E-state index in [0.717, 1.165) is 54.1 Å². The van der Waals surface area contributed by atoms with Crippen molar-refractivity contribution >= 4 is 50.0 Å². The molecule has 8 heteroatoms. The summed E-state index contributed by atoms with van der Waals surface area (Å²) < 4.78 is 2.76. The Morgan fingerprint density at radius 1 is 1.19 bits per heavy atom. The van der Waals surface area contributed by atoms with Crippen LogP contribution in [0.25, 0.3) is 42.9 Å². The Morgan fingerprint density at radius 3 is 2.71 bits per heavy atom. The number of carboxylic acid groups (broad SMARTS) is 1. The Morgan fingerprint density at radius 2 is 1.97 bits per heavy atom. The highest BCUT2D eigenvalue weighted by Crippen LogP contribution is 2.42. The normalized spacial score (nSPS) is 11.5. The SMILES string of the molecule is Cc1cc2nc(-c3c4cnccc4nn3C)sc2c(-c2ccc(Cl)cc2)c1CC(=O)O. The summed E-state index contributed by atoms with van der Waals surface area (Å²) >= 11 is 7.63. The predicted molar refractivity (Wildman–Crippen MR) is 124 cm³/mol. The first-order valence-electron chi connectivity index (χ1n) is 9.60. The summed E-state index contributed by atoms with van der Waals surface area (Å²) in [6.45, 7) is 1.93. The quantitative estimate of drug-likeness (QED) is 0.392. The fourth-order valence-electron chi connectivity index (χ4n) is 3.93. The lowest BCUT2D eigenvalue weighted by Gasteiger charge is -2.13. The summed E-state index contributed by atoms with van der Waals surface area (Å²) in [6.07, 6.45) is 3.45. The van der Waals surface area contributed by atoms with Crippen molar-refractivity contribution in [3.05, 3.63) is 64.9 Å². The number of hydrogen-bond donors (Lipinski definition) is 1. The highest BCUT2D eigenvalue weighted by atomic mass is 35.5. The second-order valence-corrected chi connectivity index (χ2v) is 8.79. The van der Waals surface area contributed by atoms with E-state index in [0.29, 0.717) is 5.02 Å². The van der Waals surface area contributed by atoms with Gasteiger partial charge in [0.05, 0.1) is 22.2 Å². The minimum Gasteiger partial charge on any atom is -0.481 e. The molecule has 0 amide bonds. The van der Waals surface area contributed by atoms with Gasteiger partial charge in [-0.3, -0.25) is 14.5 Å². The molecule has 5 rings (SSSR count). The van der Waals surface area contributed by atoms with Crippen LogP contribution in [0.15, 0.2) is 48.8 Å². The van der Waals surface area contributed by atoms with Gasteiger partial charge < -0.3 is 5.11 Å². The molecule has 3 aromatic heterocycles. The molecule has 154 valence electrons. The van der Waals surface area contributed by atoms with Crippen molar-refractivity contribution in [3.63, 3.8) is 0 Å². The van der Waals surface area contributed by atoms with Crippen molar-refractivity contribution in [2.45, 2.75) is 13.3 Å². The first-order valence-corrected chi connectivity index (χ1v) is 10.8. The summed E-state index contributed by atoms with van der Waals surface area (Å²) in [7, 11) is 1.89. The van der Waals surface area contributed by atoms with Crippen molar-refractivity contribution in [3.8, 4) is 21.8 Å². The number of aliphatic carboxylic acids is 1. The van der Waals surface area contributed by atoms with Crippen molar-refractivity contribution < 1.29 is 9.90 Å². The molecule has 6 nitrogen and oxygen atoms in total. The van der Waals surface area contributed by atoms with E-state index >= 15 is 0 Å². The molecule has 0 aliphatic heterocycles. The number of aryl methyl sites for hydroxylation is 2. The van der Waals surface area contributed by atoms with Crippen LogP contribution in [-0.2, 0) is 18.3 Å². The van der Waals surface area contributed by atoms with E-state index in [-0.39, 0.29) is 6.42 Å². The summed E-state index contributed by atoms with van der Waals surface area (Å²) in [5, 5.41) is 16.5. The lowest BCUT2D eigenvalue weighted by Crippen LogP contribution is -2.04. The van der Waals surface area contributed by atoms with Crippen molar-refractivity contribution in [1.29, 1.82) is 0 Å². The van der Waals surface area contributed by atoms with Crippen molar-refractivity contribution in [1.82, 2.24) is 19.7 Å². The zero-order valence-corrected chi connectivity index (χ0v) is 18.3. The average Bonchev–Trinajstić information content (AvgIpc) is 3.28. The summed E-state index contributed by atoms with van der Waals surface area (Å²) in [5.41, 5.74) is 6.07. The van der Waals surface area contributed by atoms with Crippen LogP contribution in [-0.4, -0.2) is 30.8 Å². The first-order chi connectivity index (χ1) is 14.9. The molecule has 0 aliphatic rings. The van der Waals surface area contributed by atoms with E-state index in [1.165, 1.54) is 11.3 Å². The highest BCUT2D eigenvalue weighted by molar-refractivity contribution is 7.22. The maximum Gasteiger partial charge on any atom is 0.307 e. The Bertz CT molecular complexity index is 1470. The lowest BCUT2D eigenvalue weighted by atomic mass is 9.93. The largest absolute Gasteiger partial charge is 0.481 e. The van der Waals surface area contributed by atoms with Gasteiger partial charge in [-0.25, -0.2) is 4.98 Å². The van der Waals surface area contributed by atoms with Crippen LogP contribution in [0, 0.1) is 6.92 Å². The molecule has 0 saturated heterocycles. The molecule has 0 fully saturated rings. The molecule has 0 atom stereocenters. The molecule has 3 heterocycles. The number of aromatic nitrogens is 4. The fraction of sp³-hybridized carbons (Fsp3) is 0.130. The van der Waals surface area contributed by atoms with Crippen LogP contribution >= 0.6 is 22.9 Å². The number of pyridine rings is 1. The molecular weight excluding hydrogens is 432 g/mol. The molecule has 2 aromatic carbocycles. The molecule has 0 saturated carbocycles. The molecule has 5 aromatic rings. The van der Waals surface area contributed by atoms with Gasteiger partial charge in [-0.2, -0.15) is 5.10 Å². The monoisotopic (exact) mass is 448 g/mol. The van der Waals surface area contributed by atoms with E-state index in [2.05, 4.69) is 10.1 Å². The number of thiazole rings is 1. The molecule has 0 radical (unpaired) electrons. The lowest BCUT2D eigenvalue weighted by molar-refractivity contribution is -0.136. The Balaban J connectivity index is 1.82. The third kappa shape index (κ3) is 3.36. The number of hydrogen-bond acceptors (Lipinski definition) is 5. The van der Waals surface area contributed by atoms with Gasteiger partial charge >= 0.3 is 5.97 Å². The number of halogens is 1. The number of carbonyl (C=O) groups is 1. The molecule has 0 aliphatic carbocycles. The van der Waals surface area contributed by atoms with E-state index in [9.17, 15) is 9.90 Å². The van der Waals surface area contributed by atoms with Gasteiger partial charge in [-0.15, -0.1) is 11.3 Å². The molecule has 0 unspecified atom stereocenters. The van der Waals surface area contributed by atoms with Crippen molar-refractivity contribution in [2.75, 3.05) is 0 Å². The zero-order chi connectivity index (χ0) is 21.7. The molecular formula is C23H17ClN4O2S. The van der Waals surface area contributed by atoms with E-state index in [1.54, 1.807) is 12.4 Å². The first kappa shape index (κ1) is 19.7. The Kier molecular flexibility index (Phi) is 4.72. The van der Waals surface area contributed by atoms with Crippen LogP contribution < -0.4 is 0 Å². The standard InChI is InChI=1S/C23H17ClN4O2S/c1-12-9-18-22(20(15(12)10-19(29)30)13-3-5-14(24)6-4-13)31-23(26-18)21-16-11-25-8-7-17(16)27-28(21)2/h3-9,11H,10H2,1-2H3,(H,29,30). The average molecular weight is 449 g/mol. The summed E-state index contributed by atoms with van der Waals surface area (Å²) in [5.74, 6) is -0.869. The van der Waals surface area contributed by atoms with E-state index in [1.807, 2.05) is 55.1 Å². The van der Waals surface area contributed by atoms with Crippen LogP contribution in [0.5, 0.6) is 0 Å². The van der Waals surface area contributed by atoms with Crippen LogP contribution in [0.1, 0.15) is 11.1 Å². The number of fused-ring (bicyclic) bond motifs is 2. The maximum absolute atomic E-state index is 11.6. The molecule has 1 N–H and O–H groups in total. The van der Waals surface area contributed by atoms with Gasteiger partial charge in [-0.05, 0) is 47.9 Å². The smallest absolute Gasteiger partial charge is 0.307 e. The Hall–Kier alpha value is -3.29. The van der Waals surface area contributed by atoms with Gasteiger partial charge in [0.1, 0.15) is 10.7 Å². The molecule has 0 bridgehead atoms. The number of benzene rings is 2. The van der Waals surface area contributed by atoms with Gasteiger partial charge in [0.15, 0.2) is 0 Å². The molecule has 0 spiro atoms. The minimum atomic E-state index is -0.869. The van der Waals surface area contributed by atoms with E-state index < -0.39 is 5.97 Å². The van der Waals surface area contributed by atoms with Crippen LogP contribution in [0.2, 0.25) is 5.02 Å². The van der Waals surface area contributed by atoms with Gasteiger partial charge in [0.25, 0.3) is 0 Å². The second-order valence-electron chi connectivity index (χ2n) is 7.36. The third-order valence-electron chi connectivity index (χ3n) is 5.31. The highest BCUT2D eigenvalue weighted by Gasteiger charge is 2.21. The third-order valence-corrected chi connectivity index (χ3v) is 6.66. The van der Waals surface area contributed by atoms with Gasteiger partial charge in [0.2, 0.25) is 0 Å². The zero-order valence-electron chi connectivity index (χ0n) is 16.8. The number of nitrogens with zero attached hydrogens (tertiary/aromatic N) is 4. The second kappa shape index (κ2) is 7.44. The minimum absolute atomic E-state index is 0.0640. The van der Waals surface area contributed by atoms with Gasteiger partial charge in [0, 0.05) is 35.4 Å². The van der Waals surface area contributed by atoms with E-state index in [4.69, 9.17) is 16.6 Å². The fourth-order valence-corrected chi connectivity index (χ4v) is 5.29. The predicted octanol–water partition coefficient (Wildman–Crippen LogP) is 5.50. The summed E-state index contributed by atoms with van der Waals surface area (Å²) in [4.78, 5) is 20.8. The van der Waals surface area contributed by atoms with Crippen LogP contribution in [0.3, 0.4) is 0 Å². The summed E-state index contributed by atoms with van der Waals surface area (Å²) in [6, 6.07) is 11.3. The number of carboxylic acids is 1. The topological polar surface area (TPSA) is 80.9 Å². The Labute approximate surface area is 186 Å². The van der Waals surface area contributed by atoms with Crippen molar-refractivity contribution in [2.24, 2.45) is 7.05 Å². The van der Waals surface area contributed by atoms with Crippen LogP contribution in [0.4, 0.5) is 0 Å². The van der Waals surface area contributed by atoms with Gasteiger partial charge in [-0.1, -0.05) is 23.7 Å². The number of rotatable bonds is 4. The maximum atomic E-state index is 11.6. The molecule has 31 heavy (non-hydrogen) atoms.